The monoisotopic (exact) mass is 357 g/mol. The molecule has 1 aliphatic heterocycles. The van der Waals surface area contributed by atoms with E-state index in [1.54, 1.807) is 7.11 Å². The van der Waals surface area contributed by atoms with Gasteiger partial charge in [0.25, 0.3) is 0 Å². The smallest absolute Gasteiger partial charge is 0.136 e. The van der Waals surface area contributed by atoms with Crippen LogP contribution in [-0.2, 0) is 9.47 Å². The second kappa shape index (κ2) is 9.35. The number of methoxy groups -OCH3 is 1. The zero-order chi connectivity index (χ0) is 18.2. The number of hydrogen-bond donors (Lipinski definition) is 2. The predicted octanol–water partition coefficient (Wildman–Crippen LogP) is 2.81. The third kappa shape index (κ3) is 5.06. The summed E-state index contributed by atoms with van der Waals surface area (Å²) in [5.41, 5.74) is 2.21. The normalized spacial score (nSPS) is 14.3. The molecule has 7 nitrogen and oxygen atoms in total. The number of para-hydroxylation sites is 2. The second-order valence-corrected chi connectivity index (χ2v) is 6.20. The van der Waals surface area contributed by atoms with Crippen LogP contribution >= 0.6 is 0 Å². The fourth-order valence-corrected chi connectivity index (χ4v) is 2.95. The number of rotatable bonds is 8. The third-order valence-electron chi connectivity index (χ3n) is 4.19. The maximum Gasteiger partial charge on any atom is 0.136 e. The lowest BCUT2D eigenvalue weighted by Gasteiger charge is -2.30. The summed E-state index contributed by atoms with van der Waals surface area (Å²) in [5, 5.41) is 6.78. The molecule has 1 aromatic heterocycles. The van der Waals surface area contributed by atoms with Gasteiger partial charge in [0.05, 0.1) is 24.6 Å². The lowest BCUT2D eigenvalue weighted by atomic mass is 10.2. The summed E-state index contributed by atoms with van der Waals surface area (Å²) in [7, 11) is 1.71. The molecular formula is C19H27N5O2. The summed E-state index contributed by atoms with van der Waals surface area (Å²) in [6.45, 7) is 6.76. The molecule has 0 radical (unpaired) electrons. The summed E-state index contributed by atoms with van der Waals surface area (Å²) >= 11 is 0. The molecule has 0 unspecified atom stereocenters. The van der Waals surface area contributed by atoms with Crippen molar-refractivity contribution in [1.82, 2.24) is 9.97 Å². The van der Waals surface area contributed by atoms with Crippen molar-refractivity contribution in [1.29, 1.82) is 0 Å². The molecular weight excluding hydrogens is 330 g/mol. The van der Waals surface area contributed by atoms with Gasteiger partial charge in [0.1, 0.15) is 17.5 Å². The lowest BCUT2D eigenvalue weighted by Crippen LogP contribution is -2.36. The molecule has 0 amide bonds. The fraction of sp³-hybridized carbons (Fsp3) is 0.474. The SMILES string of the molecule is COCCCNc1cc(Nc2ccccc2N2CCOCC2)nc(C)n1. The first-order valence-electron chi connectivity index (χ1n) is 9.03. The Kier molecular flexibility index (Phi) is 6.62. The van der Waals surface area contributed by atoms with Crippen molar-refractivity contribution < 1.29 is 9.47 Å². The summed E-state index contributed by atoms with van der Waals surface area (Å²) in [6.07, 6.45) is 0.933. The van der Waals surface area contributed by atoms with E-state index in [0.717, 1.165) is 69.0 Å². The highest BCUT2D eigenvalue weighted by atomic mass is 16.5. The summed E-state index contributed by atoms with van der Waals surface area (Å²) in [4.78, 5) is 11.3. The van der Waals surface area contributed by atoms with Gasteiger partial charge in [-0.2, -0.15) is 0 Å². The minimum atomic E-state index is 0.730. The van der Waals surface area contributed by atoms with Gasteiger partial charge in [0.2, 0.25) is 0 Å². The Morgan fingerprint density at radius 1 is 1.15 bits per heavy atom. The number of aryl methyl sites for hydroxylation is 1. The van der Waals surface area contributed by atoms with Gasteiger partial charge in [-0.15, -0.1) is 0 Å². The zero-order valence-electron chi connectivity index (χ0n) is 15.5. The average molecular weight is 357 g/mol. The van der Waals surface area contributed by atoms with Gasteiger partial charge in [-0.05, 0) is 25.5 Å². The highest BCUT2D eigenvalue weighted by molar-refractivity contribution is 5.74. The van der Waals surface area contributed by atoms with Crippen LogP contribution in [0.4, 0.5) is 23.0 Å². The second-order valence-electron chi connectivity index (χ2n) is 6.20. The molecule has 0 bridgehead atoms. The number of anilines is 4. The van der Waals surface area contributed by atoms with Crippen LogP contribution in [0.25, 0.3) is 0 Å². The molecule has 0 saturated carbocycles. The minimum absolute atomic E-state index is 0.730. The van der Waals surface area contributed by atoms with Gasteiger partial charge in [-0.25, -0.2) is 9.97 Å². The van der Waals surface area contributed by atoms with E-state index in [0.29, 0.717) is 0 Å². The first-order valence-corrected chi connectivity index (χ1v) is 9.03. The Balaban J connectivity index is 1.73. The van der Waals surface area contributed by atoms with Crippen molar-refractivity contribution in [3.8, 4) is 0 Å². The van der Waals surface area contributed by atoms with Crippen LogP contribution < -0.4 is 15.5 Å². The van der Waals surface area contributed by atoms with Gasteiger partial charge in [-0.3, -0.25) is 0 Å². The van der Waals surface area contributed by atoms with Crippen LogP contribution in [0.1, 0.15) is 12.2 Å². The van der Waals surface area contributed by atoms with Crippen molar-refractivity contribution in [2.45, 2.75) is 13.3 Å². The molecule has 26 heavy (non-hydrogen) atoms. The molecule has 0 atom stereocenters. The van der Waals surface area contributed by atoms with Crippen molar-refractivity contribution >= 4 is 23.0 Å². The highest BCUT2D eigenvalue weighted by Crippen LogP contribution is 2.29. The van der Waals surface area contributed by atoms with E-state index in [1.165, 1.54) is 5.69 Å². The topological polar surface area (TPSA) is 71.5 Å². The minimum Gasteiger partial charge on any atom is -0.385 e. The zero-order valence-corrected chi connectivity index (χ0v) is 15.5. The van der Waals surface area contributed by atoms with Crippen molar-refractivity contribution in [3.63, 3.8) is 0 Å². The van der Waals surface area contributed by atoms with Gasteiger partial charge in [0, 0.05) is 39.4 Å². The average Bonchev–Trinajstić information content (AvgIpc) is 2.66. The van der Waals surface area contributed by atoms with Crippen LogP contribution in [0, 0.1) is 6.92 Å². The molecule has 1 saturated heterocycles. The predicted molar refractivity (Wildman–Crippen MR) is 105 cm³/mol. The largest absolute Gasteiger partial charge is 0.385 e. The van der Waals surface area contributed by atoms with Crippen LogP contribution in [0.2, 0.25) is 0 Å². The van der Waals surface area contributed by atoms with E-state index in [9.17, 15) is 0 Å². The van der Waals surface area contributed by atoms with Gasteiger partial charge in [0.15, 0.2) is 0 Å². The Morgan fingerprint density at radius 2 is 1.92 bits per heavy atom. The number of ether oxygens (including phenoxy) is 2. The Morgan fingerprint density at radius 3 is 2.73 bits per heavy atom. The van der Waals surface area contributed by atoms with E-state index >= 15 is 0 Å². The number of benzene rings is 1. The van der Waals surface area contributed by atoms with E-state index < -0.39 is 0 Å². The highest BCUT2D eigenvalue weighted by Gasteiger charge is 2.15. The lowest BCUT2D eigenvalue weighted by molar-refractivity contribution is 0.123. The quantitative estimate of drug-likeness (QED) is 0.704. The van der Waals surface area contributed by atoms with Gasteiger partial charge in [-0.1, -0.05) is 12.1 Å². The van der Waals surface area contributed by atoms with Crippen LogP contribution in [0.15, 0.2) is 30.3 Å². The molecule has 2 aromatic rings. The number of nitrogens with zero attached hydrogens (tertiary/aromatic N) is 3. The number of hydrogen-bond acceptors (Lipinski definition) is 7. The third-order valence-corrected chi connectivity index (χ3v) is 4.19. The molecule has 0 spiro atoms. The number of morpholine rings is 1. The first kappa shape index (κ1) is 18.4. The molecule has 0 aliphatic carbocycles. The van der Waals surface area contributed by atoms with E-state index in [-0.39, 0.29) is 0 Å². The number of aromatic nitrogens is 2. The Labute approximate surface area is 154 Å². The van der Waals surface area contributed by atoms with Gasteiger partial charge >= 0.3 is 0 Å². The number of nitrogens with one attached hydrogen (secondary N) is 2. The summed E-state index contributed by atoms with van der Waals surface area (Å²) in [5.74, 6) is 2.33. The van der Waals surface area contributed by atoms with Crippen molar-refractivity contribution in [2.24, 2.45) is 0 Å². The Hall–Kier alpha value is -2.38. The maximum absolute atomic E-state index is 5.47. The summed E-state index contributed by atoms with van der Waals surface area (Å²) in [6, 6.07) is 10.2. The molecule has 140 valence electrons. The van der Waals surface area contributed by atoms with E-state index in [1.807, 2.05) is 19.1 Å². The van der Waals surface area contributed by atoms with Crippen LogP contribution in [-0.4, -0.2) is 56.5 Å². The Bertz CT molecular complexity index is 704. The summed E-state index contributed by atoms with van der Waals surface area (Å²) < 4.78 is 10.5. The first-order chi connectivity index (χ1) is 12.8. The molecule has 1 aliphatic rings. The van der Waals surface area contributed by atoms with Crippen molar-refractivity contribution in [3.05, 3.63) is 36.2 Å². The molecule has 2 N–H and O–H groups in total. The maximum atomic E-state index is 5.47. The van der Waals surface area contributed by atoms with Crippen LogP contribution in [0.3, 0.4) is 0 Å². The molecule has 1 fully saturated rings. The molecule has 3 rings (SSSR count). The van der Waals surface area contributed by atoms with Crippen molar-refractivity contribution in [2.75, 3.05) is 62.1 Å². The van der Waals surface area contributed by atoms with Crippen LogP contribution in [0.5, 0.6) is 0 Å². The fourth-order valence-electron chi connectivity index (χ4n) is 2.95. The van der Waals surface area contributed by atoms with Gasteiger partial charge < -0.3 is 25.0 Å². The molecule has 2 heterocycles. The standard InChI is InChI=1S/C19H27N5O2/c1-15-21-18(20-8-5-11-25-2)14-19(22-15)23-16-6-3-4-7-17(16)24-9-12-26-13-10-24/h3-4,6-7,14H,5,8-13H2,1-2H3,(H2,20,21,22,23). The van der Waals surface area contributed by atoms with E-state index in [2.05, 4.69) is 43.7 Å². The van der Waals surface area contributed by atoms with E-state index in [4.69, 9.17) is 9.47 Å². The molecule has 7 heteroatoms. The molecule has 1 aromatic carbocycles.